The van der Waals surface area contributed by atoms with Gasteiger partial charge in [0.15, 0.2) is 0 Å². The van der Waals surface area contributed by atoms with E-state index in [4.69, 9.17) is 20.0 Å². The van der Waals surface area contributed by atoms with Crippen LogP contribution in [0.3, 0.4) is 0 Å². The maximum atomic E-state index is 12.0. The first-order chi connectivity index (χ1) is 14.5. The van der Waals surface area contributed by atoms with E-state index in [1.165, 1.54) is 0 Å². The van der Waals surface area contributed by atoms with Gasteiger partial charge in [-0.15, -0.1) is 5.06 Å². The molecule has 0 radical (unpaired) electrons. The van der Waals surface area contributed by atoms with Crippen molar-refractivity contribution in [1.82, 2.24) is 5.06 Å². The lowest BCUT2D eigenvalue weighted by Crippen LogP contribution is -2.43. The first-order valence-corrected chi connectivity index (χ1v) is 10.4. The van der Waals surface area contributed by atoms with Crippen molar-refractivity contribution in [3.8, 4) is 11.5 Å². The van der Waals surface area contributed by atoms with E-state index in [1.54, 1.807) is 29.3 Å². The monoisotopic (exact) mass is 412 g/mol. The Kier molecular flexibility index (Phi) is 6.22. The molecule has 2 heterocycles. The number of aryl methyl sites for hydroxylation is 1. The predicted octanol–water partition coefficient (Wildman–Crippen LogP) is 3.48. The lowest BCUT2D eigenvalue weighted by Gasteiger charge is -2.39. The molecule has 2 atom stereocenters. The second-order valence-electron chi connectivity index (χ2n) is 7.92. The van der Waals surface area contributed by atoms with E-state index >= 15 is 0 Å². The molecule has 30 heavy (non-hydrogen) atoms. The highest BCUT2D eigenvalue weighted by atomic mass is 16.8. The van der Waals surface area contributed by atoms with E-state index in [9.17, 15) is 9.90 Å². The van der Waals surface area contributed by atoms with Gasteiger partial charge in [0.1, 0.15) is 11.5 Å². The van der Waals surface area contributed by atoms with E-state index in [2.05, 4.69) is 0 Å². The second-order valence-corrected chi connectivity index (χ2v) is 7.92. The molecule has 0 amide bonds. The Hall–Kier alpha value is -2.61. The zero-order valence-electron chi connectivity index (χ0n) is 17.1. The van der Waals surface area contributed by atoms with Crippen LogP contribution in [0, 0.1) is 12.8 Å². The number of fused-ring (bicyclic) bond motifs is 1. The number of para-hydroxylation sites is 1. The topological polar surface area (TPSA) is 94.2 Å². The number of hydroxylamine groups is 2. The van der Waals surface area contributed by atoms with Gasteiger partial charge in [0.25, 0.3) is 0 Å². The smallest absolute Gasteiger partial charge is 0.507 e. The maximum absolute atomic E-state index is 12.0. The van der Waals surface area contributed by atoms with Crippen molar-refractivity contribution in [2.75, 3.05) is 19.6 Å². The van der Waals surface area contributed by atoms with Crippen molar-refractivity contribution in [2.45, 2.75) is 38.4 Å². The molecule has 0 aliphatic carbocycles. The van der Waals surface area contributed by atoms with Crippen LogP contribution in [0.1, 0.15) is 35.6 Å². The Labute approximate surface area is 176 Å². The molecule has 0 bridgehead atoms. The molecule has 0 spiro atoms. The largest absolute Gasteiger partial charge is 0.533 e. The van der Waals surface area contributed by atoms with E-state index in [0.717, 1.165) is 29.5 Å². The van der Waals surface area contributed by atoms with Crippen molar-refractivity contribution in [2.24, 2.45) is 11.7 Å². The summed E-state index contributed by atoms with van der Waals surface area (Å²) in [5.74, 6) is 1.11. The maximum Gasteiger partial charge on any atom is 0.533 e. The number of hydrogen-bond donors (Lipinski definition) is 2. The van der Waals surface area contributed by atoms with Crippen LogP contribution in [0.15, 0.2) is 42.5 Å². The van der Waals surface area contributed by atoms with Gasteiger partial charge in [0.2, 0.25) is 0 Å². The summed E-state index contributed by atoms with van der Waals surface area (Å²) in [4.78, 5) is 17.3. The minimum Gasteiger partial charge on any atom is -0.507 e. The summed E-state index contributed by atoms with van der Waals surface area (Å²) >= 11 is 0. The summed E-state index contributed by atoms with van der Waals surface area (Å²) in [6, 6.07) is 12.8. The van der Waals surface area contributed by atoms with Crippen molar-refractivity contribution < 1.29 is 24.2 Å². The number of nitrogens with two attached hydrogens (primary N) is 1. The summed E-state index contributed by atoms with van der Waals surface area (Å²) in [5.41, 5.74) is 8.76. The number of nitrogens with zero attached hydrogens (tertiary/aromatic N) is 1. The van der Waals surface area contributed by atoms with E-state index in [-0.39, 0.29) is 12.2 Å². The lowest BCUT2D eigenvalue weighted by molar-refractivity contribution is -0.147. The second kappa shape index (κ2) is 9.04. The Balaban J connectivity index is 1.34. The van der Waals surface area contributed by atoms with Crippen LogP contribution in [0.4, 0.5) is 4.79 Å². The number of carbonyl (C=O) groups excluding carboxylic acids is 1. The minimum atomic E-state index is -0.730. The molecule has 2 aromatic rings. The quantitative estimate of drug-likeness (QED) is 0.586. The van der Waals surface area contributed by atoms with Crippen LogP contribution in [-0.2, 0) is 16.0 Å². The van der Waals surface area contributed by atoms with Crippen molar-refractivity contribution in [3.63, 3.8) is 0 Å². The number of phenols is 1. The number of phenolic OH excluding ortho intramolecular Hbond substituents is 1. The normalized spacial score (nSPS) is 22.3. The zero-order valence-corrected chi connectivity index (χ0v) is 17.1. The number of benzene rings is 2. The number of ether oxygens (including phenoxy) is 2. The number of piperidine rings is 1. The third kappa shape index (κ3) is 4.43. The van der Waals surface area contributed by atoms with Gasteiger partial charge >= 0.3 is 6.16 Å². The average molecular weight is 412 g/mol. The Morgan fingerprint density at radius 1 is 1.20 bits per heavy atom. The van der Waals surface area contributed by atoms with E-state index in [1.807, 2.05) is 25.1 Å². The van der Waals surface area contributed by atoms with Crippen LogP contribution in [0.25, 0.3) is 0 Å². The average Bonchev–Trinajstić information content (AvgIpc) is 2.77. The number of rotatable bonds is 4. The fourth-order valence-corrected chi connectivity index (χ4v) is 4.33. The van der Waals surface area contributed by atoms with Gasteiger partial charge in [-0.3, -0.25) is 0 Å². The highest BCUT2D eigenvalue weighted by Crippen LogP contribution is 2.40. The molecule has 1 saturated heterocycles. The van der Waals surface area contributed by atoms with Gasteiger partial charge in [0, 0.05) is 31.6 Å². The molecule has 0 unspecified atom stereocenters. The van der Waals surface area contributed by atoms with Crippen LogP contribution in [-0.4, -0.2) is 42.1 Å². The van der Waals surface area contributed by atoms with Gasteiger partial charge < -0.3 is 25.2 Å². The van der Waals surface area contributed by atoms with Gasteiger partial charge in [-0.2, -0.15) is 0 Å². The molecular weight excluding hydrogens is 384 g/mol. The molecule has 7 nitrogen and oxygen atoms in total. The Morgan fingerprint density at radius 3 is 2.63 bits per heavy atom. The molecule has 2 aliphatic rings. The van der Waals surface area contributed by atoms with Crippen LogP contribution >= 0.6 is 0 Å². The Morgan fingerprint density at radius 2 is 1.93 bits per heavy atom. The summed E-state index contributed by atoms with van der Waals surface area (Å²) in [6.45, 7) is 3.49. The summed E-state index contributed by atoms with van der Waals surface area (Å²) in [6.07, 6.45) is 1.36. The molecule has 2 aliphatic heterocycles. The number of carbonyl (C=O) groups is 1. The highest BCUT2D eigenvalue weighted by molar-refractivity contribution is 5.63. The van der Waals surface area contributed by atoms with Crippen molar-refractivity contribution >= 4 is 6.16 Å². The molecule has 7 heteroatoms. The molecular formula is C23H28N2O5. The first-order valence-electron chi connectivity index (χ1n) is 10.4. The Bertz CT molecular complexity index is 881. The van der Waals surface area contributed by atoms with Crippen molar-refractivity contribution in [1.29, 1.82) is 0 Å². The van der Waals surface area contributed by atoms with E-state index in [0.29, 0.717) is 43.5 Å². The summed E-state index contributed by atoms with van der Waals surface area (Å²) in [5, 5.41) is 12.2. The van der Waals surface area contributed by atoms with Crippen LogP contribution in [0.2, 0.25) is 0 Å². The predicted molar refractivity (Wildman–Crippen MR) is 111 cm³/mol. The lowest BCUT2D eigenvalue weighted by atomic mass is 9.83. The SMILES string of the molecule is Cc1ccc2c(c1O)C[C@@H](C1CCN(OC(=O)Oc3ccccc3)CC1)O[C@H]2CN. The molecule has 3 N–H and O–H groups in total. The van der Waals surface area contributed by atoms with Crippen LogP contribution < -0.4 is 10.5 Å². The molecule has 160 valence electrons. The summed E-state index contributed by atoms with van der Waals surface area (Å²) in [7, 11) is 0. The molecule has 2 aromatic carbocycles. The van der Waals surface area contributed by atoms with Gasteiger partial charge in [-0.1, -0.05) is 30.3 Å². The number of hydrogen-bond acceptors (Lipinski definition) is 7. The third-order valence-electron chi connectivity index (χ3n) is 6.00. The highest BCUT2D eigenvalue weighted by Gasteiger charge is 2.36. The standard InChI is InChI=1S/C23H28N2O5/c1-15-7-8-18-19(22(15)26)13-20(29-21(18)14-24)16-9-11-25(12-10-16)30-23(27)28-17-5-3-2-4-6-17/h2-8,16,20-21,26H,9-14,24H2,1H3/t20-,21-/m0/s1. The fourth-order valence-electron chi connectivity index (χ4n) is 4.33. The molecule has 0 saturated carbocycles. The zero-order chi connectivity index (χ0) is 21.1. The van der Waals surface area contributed by atoms with Gasteiger partial charge in [-0.25, -0.2) is 4.79 Å². The van der Waals surface area contributed by atoms with Gasteiger partial charge in [-0.05, 0) is 48.9 Å². The first kappa shape index (κ1) is 20.7. The third-order valence-corrected chi connectivity index (χ3v) is 6.00. The minimum absolute atomic E-state index is 0.0165. The van der Waals surface area contributed by atoms with Crippen molar-refractivity contribution in [3.05, 3.63) is 59.2 Å². The molecule has 4 rings (SSSR count). The molecule has 1 fully saturated rings. The number of aromatic hydroxyl groups is 1. The van der Waals surface area contributed by atoms with E-state index < -0.39 is 6.16 Å². The van der Waals surface area contributed by atoms with Crippen LogP contribution in [0.5, 0.6) is 11.5 Å². The van der Waals surface area contributed by atoms with Gasteiger partial charge in [0.05, 0.1) is 12.2 Å². The molecule has 0 aromatic heterocycles. The fraction of sp³-hybridized carbons (Fsp3) is 0.435. The summed E-state index contributed by atoms with van der Waals surface area (Å²) < 4.78 is 11.5.